The molecule has 0 saturated heterocycles. The molecular formula is C20H21NO5. The Kier molecular flexibility index (Phi) is 6.79. The SMILES string of the molecule is CCOC(=O)c1cccc(N/C=C/C(=O)c2ccc(OC)c(OC)c2)c1. The van der Waals surface area contributed by atoms with Crippen molar-refractivity contribution in [2.75, 3.05) is 26.1 Å². The van der Waals surface area contributed by atoms with E-state index >= 15 is 0 Å². The fourth-order valence-corrected chi connectivity index (χ4v) is 2.25. The Hall–Kier alpha value is -3.28. The lowest BCUT2D eigenvalue weighted by atomic mass is 10.1. The molecule has 0 aliphatic rings. The van der Waals surface area contributed by atoms with Crippen LogP contribution in [0.25, 0.3) is 0 Å². The summed E-state index contributed by atoms with van der Waals surface area (Å²) in [7, 11) is 3.05. The summed E-state index contributed by atoms with van der Waals surface area (Å²) in [6.45, 7) is 2.07. The molecule has 136 valence electrons. The van der Waals surface area contributed by atoms with Crippen molar-refractivity contribution in [3.05, 3.63) is 65.9 Å². The summed E-state index contributed by atoms with van der Waals surface area (Å²) in [6.07, 6.45) is 2.92. The zero-order chi connectivity index (χ0) is 18.9. The van der Waals surface area contributed by atoms with Gasteiger partial charge in [0.1, 0.15) is 0 Å². The molecule has 0 saturated carbocycles. The average molecular weight is 355 g/mol. The predicted molar refractivity (Wildman–Crippen MR) is 99.0 cm³/mol. The van der Waals surface area contributed by atoms with E-state index in [1.165, 1.54) is 26.5 Å². The maximum absolute atomic E-state index is 12.3. The van der Waals surface area contributed by atoms with Crippen LogP contribution in [0.2, 0.25) is 0 Å². The second kappa shape index (κ2) is 9.27. The summed E-state index contributed by atoms with van der Waals surface area (Å²) in [4.78, 5) is 24.0. The first-order valence-corrected chi connectivity index (χ1v) is 8.05. The molecule has 2 rings (SSSR count). The highest BCUT2D eigenvalue weighted by atomic mass is 16.5. The normalized spacial score (nSPS) is 10.4. The topological polar surface area (TPSA) is 73.9 Å². The van der Waals surface area contributed by atoms with Gasteiger partial charge in [0.25, 0.3) is 0 Å². The van der Waals surface area contributed by atoms with Gasteiger partial charge in [0.05, 0.1) is 26.4 Å². The zero-order valence-corrected chi connectivity index (χ0v) is 14.9. The largest absolute Gasteiger partial charge is 0.493 e. The second-order valence-corrected chi connectivity index (χ2v) is 5.21. The summed E-state index contributed by atoms with van der Waals surface area (Å²) < 4.78 is 15.3. The van der Waals surface area contributed by atoms with Crippen LogP contribution in [0.15, 0.2) is 54.7 Å². The Balaban J connectivity index is 2.05. The average Bonchev–Trinajstić information content (AvgIpc) is 2.67. The summed E-state index contributed by atoms with van der Waals surface area (Å²) in [6, 6.07) is 11.8. The Morgan fingerprint density at radius 1 is 1.00 bits per heavy atom. The van der Waals surface area contributed by atoms with E-state index in [9.17, 15) is 9.59 Å². The number of anilines is 1. The maximum Gasteiger partial charge on any atom is 0.338 e. The van der Waals surface area contributed by atoms with E-state index in [1.807, 2.05) is 0 Å². The molecule has 0 amide bonds. The molecule has 0 fully saturated rings. The van der Waals surface area contributed by atoms with E-state index in [4.69, 9.17) is 14.2 Å². The number of hydrogen-bond donors (Lipinski definition) is 1. The number of hydrogen-bond acceptors (Lipinski definition) is 6. The highest BCUT2D eigenvalue weighted by Gasteiger charge is 2.09. The summed E-state index contributed by atoms with van der Waals surface area (Å²) in [5, 5.41) is 2.97. The van der Waals surface area contributed by atoms with Crippen molar-refractivity contribution < 1.29 is 23.8 Å². The van der Waals surface area contributed by atoms with Gasteiger partial charge < -0.3 is 19.5 Å². The molecule has 6 nitrogen and oxygen atoms in total. The molecule has 2 aromatic rings. The highest BCUT2D eigenvalue weighted by molar-refractivity contribution is 6.05. The van der Waals surface area contributed by atoms with Crippen molar-refractivity contribution >= 4 is 17.4 Å². The fraction of sp³-hybridized carbons (Fsp3) is 0.200. The number of rotatable bonds is 8. The van der Waals surface area contributed by atoms with E-state index < -0.39 is 0 Å². The molecule has 6 heteroatoms. The first-order valence-electron chi connectivity index (χ1n) is 8.05. The monoisotopic (exact) mass is 355 g/mol. The lowest BCUT2D eigenvalue weighted by Gasteiger charge is -2.08. The second-order valence-electron chi connectivity index (χ2n) is 5.21. The van der Waals surface area contributed by atoms with Crippen LogP contribution >= 0.6 is 0 Å². The minimum absolute atomic E-state index is 0.194. The van der Waals surface area contributed by atoms with Gasteiger partial charge in [-0.15, -0.1) is 0 Å². The van der Waals surface area contributed by atoms with Crippen molar-refractivity contribution in [1.29, 1.82) is 0 Å². The Morgan fingerprint density at radius 3 is 2.46 bits per heavy atom. The van der Waals surface area contributed by atoms with Crippen LogP contribution in [0.4, 0.5) is 5.69 Å². The third-order valence-corrected chi connectivity index (χ3v) is 3.53. The van der Waals surface area contributed by atoms with E-state index in [2.05, 4.69) is 5.32 Å². The molecule has 0 spiro atoms. The molecule has 1 N–H and O–H groups in total. The maximum atomic E-state index is 12.3. The van der Waals surface area contributed by atoms with Gasteiger partial charge in [-0.2, -0.15) is 0 Å². The number of esters is 1. The molecule has 0 aliphatic heterocycles. The van der Waals surface area contributed by atoms with Gasteiger partial charge in [-0.25, -0.2) is 4.79 Å². The molecule has 26 heavy (non-hydrogen) atoms. The number of methoxy groups -OCH3 is 2. The van der Waals surface area contributed by atoms with Gasteiger partial charge in [-0.3, -0.25) is 4.79 Å². The smallest absolute Gasteiger partial charge is 0.338 e. The van der Waals surface area contributed by atoms with Crippen molar-refractivity contribution in [1.82, 2.24) is 0 Å². The lowest BCUT2D eigenvalue weighted by molar-refractivity contribution is 0.0526. The Labute approximate surface area is 152 Å². The lowest BCUT2D eigenvalue weighted by Crippen LogP contribution is -2.04. The number of allylic oxidation sites excluding steroid dienone is 1. The molecule has 0 radical (unpaired) electrons. The van der Waals surface area contributed by atoms with Crippen LogP contribution in [-0.2, 0) is 4.74 Å². The number of carbonyl (C=O) groups excluding carboxylic acids is 2. The Morgan fingerprint density at radius 2 is 1.77 bits per heavy atom. The zero-order valence-electron chi connectivity index (χ0n) is 14.9. The Bertz CT molecular complexity index is 814. The van der Waals surface area contributed by atoms with Gasteiger partial charge in [0.15, 0.2) is 17.3 Å². The molecule has 0 aromatic heterocycles. The van der Waals surface area contributed by atoms with Crippen LogP contribution in [0.3, 0.4) is 0 Å². The molecule has 0 aliphatic carbocycles. The number of carbonyl (C=O) groups is 2. The number of nitrogens with one attached hydrogen (secondary N) is 1. The van der Waals surface area contributed by atoms with E-state index in [0.29, 0.717) is 34.9 Å². The number of ether oxygens (including phenoxy) is 3. The molecule has 0 atom stereocenters. The van der Waals surface area contributed by atoms with Crippen molar-refractivity contribution in [2.45, 2.75) is 6.92 Å². The molecule has 0 unspecified atom stereocenters. The highest BCUT2D eigenvalue weighted by Crippen LogP contribution is 2.27. The molecule has 0 heterocycles. The van der Waals surface area contributed by atoms with Gasteiger partial charge >= 0.3 is 5.97 Å². The first kappa shape index (κ1) is 19.1. The third kappa shape index (κ3) is 4.86. The van der Waals surface area contributed by atoms with Crippen LogP contribution in [0.5, 0.6) is 11.5 Å². The fourth-order valence-electron chi connectivity index (χ4n) is 2.25. The summed E-state index contributed by atoms with van der Waals surface area (Å²) >= 11 is 0. The van der Waals surface area contributed by atoms with Crippen LogP contribution in [0.1, 0.15) is 27.6 Å². The van der Waals surface area contributed by atoms with Crippen molar-refractivity contribution in [3.63, 3.8) is 0 Å². The number of ketones is 1. The minimum Gasteiger partial charge on any atom is -0.493 e. The molecule has 0 bridgehead atoms. The van der Waals surface area contributed by atoms with E-state index in [0.717, 1.165) is 0 Å². The van der Waals surface area contributed by atoms with Crippen LogP contribution < -0.4 is 14.8 Å². The van der Waals surface area contributed by atoms with Crippen molar-refractivity contribution in [2.24, 2.45) is 0 Å². The van der Waals surface area contributed by atoms with E-state index in [-0.39, 0.29) is 11.8 Å². The number of benzene rings is 2. The molecular weight excluding hydrogens is 334 g/mol. The molecule has 2 aromatic carbocycles. The third-order valence-electron chi connectivity index (χ3n) is 3.53. The van der Waals surface area contributed by atoms with Crippen LogP contribution in [-0.4, -0.2) is 32.6 Å². The van der Waals surface area contributed by atoms with Crippen LogP contribution in [0, 0.1) is 0 Å². The van der Waals surface area contributed by atoms with Gasteiger partial charge in [0, 0.05) is 23.5 Å². The minimum atomic E-state index is -0.387. The summed E-state index contributed by atoms with van der Waals surface area (Å²) in [5.74, 6) is 0.463. The summed E-state index contributed by atoms with van der Waals surface area (Å²) in [5.41, 5.74) is 1.59. The quantitative estimate of drug-likeness (QED) is 0.442. The van der Waals surface area contributed by atoms with Gasteiger partial charge in [0.2, 0.25) is 0 Å². The predicted octanol–water partition coefficient (Wildman–Crippen LogP) is 3.69. The van der Waals surface area contributed by atoms with Gasteiger partial charge in [-0.1, -0.05) is 6.07 Å². The van der Waals surface area contributed by atoms with Gasteiger partial charge in [-0.05, 0) is 43.3 Å². The van der Waals surface area contributed by atoms with Crippen molar-refractivity contribution in [3.8, 4) is 11.5 Å². The van der Waals surface area contributed by atoms with E-state index in [1.54, 1.807) is 49.4 Å². The first-order chi connectivity index (χ1) is 12.6. The standard InChI is InChI=1S/C20H21NO5/c1-4-26-20(23)15-6-5-7-16(12-15)21-11-10-17(22)14-8-9-18(24-2)19(13-14)25-3/h5-13,21H,4H2,1-3H3/b11-10+.